The minimum atomic E-state index is -1.55. The Hall–Kier alpha value is -1.93. The summed E-state index contributed by atoms with van der Waals surface area (Å²) >= 11 is 0. The van der Waals surface area contributed by atoms with Gasteiger partial charge in [0.15, 0.2) is 0 Å². The predicted molar refractivity (Wildman–Crippen MR) is 128 cm³/mol. The van der Waals surface area contributed by atoms with E-state index in [2.05, 4.69) is 65.3 Å². The first-order valence-corrected chi connectivity index (χ1v) is 16.8. The number of methoxy groups -OCH3 is 1. The molecule has 1 N–H and O–H groups in total. The van der Waals surface area contributed by atoms with Crippen LogP contribution in [0.3, 0.4) is 0 Å². The van der Waals surface area contributed by atoms with Crippen molar-refractivity contribution in [2.75, 3.05) is 7.11 Å². The van der Waals surface area contributed by atoms with E-state index in [1.807, 2.05) is 19.9 Å². The molecule has 0 aliphatic heterocycles. The maximum atomic E-state index is 9.26. The van der Waals surface area contributed by atoms with Crippen molar-refractivity contribution in [1.29, 1.82) is 0 Å². The highest BCUT2D eigenvalue weighted by Crippen LogP contribution is 2.31. The molecule has 6 heteroatoms. The molecule has 0 aliphatic rings. The second-order valence-corrected chi connectivity index (χ2v) is 18.3. The summed E-state index contributed by atoms with van der Waals surface area (Å²) in [7, 11) is -1.47. The lowest BCUT2D eigenvalue weighted by atomic mass is 10.1. The first-order chi connectivity index (χ1) is 13.1. The van der Waals surface area contributed by atoms with Crippen molar-refractivity contribution in [2.45, 2.75) is 67.0 Å². The Balaban J connectivity index is 0.000000326. The molecule has 2 aromatic carbocycles. The molecule has 0 spiro atoms. The van der Waals surface area contributed by atoms with Crippen LogP contribution in [0, 0.1) is 27.7 Å². The maximum Gasteiger partial charge on any atom is 0.242 e. The van der Waals surface area contributed by atoms with Crippen molar-refractivity contribution in [3.8, 4) is 23.0 Å². The molecule has 0 unspecified atom stereocenters. The standard InChI is InChI=1S/C14H26O2Si2.C9H12O2/c1-11-9-14(16-18(6,7)8)12(2)10-13(11)15-17(3,4)5;1-6-5-9(11-3)7(2)4-8(6)10/h9-10H,1-8H3;4-5,10H,1-3H3. The van der Waals surface area contributed by atoms with Gasteiger partial charge in [-0.2, -0.15) is 0 Å². The van der Waals surface area contributed by atoms with Crippen LogP contribution in [0.5, 0.6) is 23.0 Å². The summed E-state index contributed by atoms with van der Waals surface area (Å²) in [6.07, 6.45) is 0. The second kappa shape index (κ2) is 9.72. The number of rotatable bonds is 5. The Bertz CT molecular complexity index is 792. The summed E-state index contributed by atoms with van der Waals surface area (Å²) in [5, 5.41) is 9.26. The van der Waals surface area contributed by atoms with Gasteiger partial charge in [-0.1, -0.05) is 0 Å². The number of benzene rings is 2. The SMILES string of the molecule is COc1cc(C)c(O)cc1C.Cc1cc(O[Si](C)(C)C)c(C)cc1O[Si](C)(C)C. The molecule has 0 atom stereocenters. The van der Waals surface area contributed by atoms with Crippen LogP contribution in [0.4, 0.5) is 0 Å². The number of hydrogen-bond acceptors (Lipinski definition) is 4. The molecule has 0 aromatic heterocycles. The van der Waals surface area contributed by atoms with Gasteiger partial charge in [-0.3, -0.25) is 0 Å². The molecule has 0 radical (unpaired) electrons. The molecule has 0 aliphatic carbocycles. The van der Waals surface area contributed by atoms with E-state index in [0.717, 1.165) is 39.5 Å². The number of phenols is 1. The normalized spacial score (nSPS) is 11.4. The zero-order valence-corrected chi connectivity index (χ0v) is 22.0. The van der Waals surface area contributed by atoms with Crippen molar-refractivity contribution in [1.82, 2.24) is 0 Å². The third-order valence-corrected chi connectivity index (χ3v) is 5.68. The van der Waals surface area contributed by atoms with Gasteiger partial charge in [0.05, 0.1) is 7.11 Å². The van der Waals surface area contributed by atoms with Gasteiger partial charge in [0.2, 0.25) is 16.6 Å². The van der Waals surface area contributed by atoms with E-state index in [1.54, 1.807) is 13.2 Å². The van der Waals surface area contributed by atoms with Gasteiger partial charge in [-0.25, -0.2) is 0 Å². The Morgan fingerprint density at radius 2 is 0.931 bits per heavy atom. The fourth-order valence-electron chi connectivity index (χ4n) is 2.64. The van der Waals surface area contributed by atoms with E-state index in [0.29, 0.717) is 5.75 Å². The second-order valence-electron chi connectivity index (χ2n) is 9.42. The van der Waals surface area contributed by atoms with Gasteiger partial charge in [0.25, 0.3) is 0 Å². The summed E-state index contributed by atoms with van der Waals surface area (Å²) in [4.78, 5) is 0. The van der Waals surface area contributed by atoms with Crippen LogP contribution >= 0.6 is 0 Å². The quantitative estimate of drug-likeness (QED) is 0.529. The molecular weight excluding hydrogens is 396 g/mol. The number of ether oxygens (including phenoxy) is 1. The van der Waals surface area contributed by atoms with Crippen molar-refractivity contribution in [2.24, 2.45) is 0 Å². The van der Waals surface area contributed by atoms with Crippen LogP contribution in [-0.4, -0.2) is 28.9 Å². The minimum absolute atomic E-state index is 0.323. The molecule has 0 bridgehead atoms. The molecular formula is C23H38O4Si2. The smallest absolute Gasteiger partial charge is 0.242 e. The van der Waals surface area contributed by atoms with Gasteiger partial charge >= 0.3 is 0 Å². The Kier molecular flexibility index (Phi) is 8.41. The monoisotopic (exact) mass is 434 g/mol. The van der Waals surface area contributed by atoms with Crippen LogP contribution in [0.2, 0.25) is 39.3 Å². The highest BCUT2D eigenvalue weighted by molar-refractivity contribution is 6.70. The maximum absolute atomic E-state index is 9.26. The van der Waals surface area contributed by atoms with E-state index in [9.17, 15) is 5.11 Å². The molecule has 0 heterocycles. The molecule has 0 saturated carbocycles. The molecule has 29 heavy (non-hydrogen) atoms. The fraction of sp³-hybridized carbons (Fsp3) is 0.478. The zero-order chi connectivity index (χ0) is 22.6. The highest BCUT2D eigenvalue weighted by Gasteiger charge is 2.21. The number of aryl methyl sites for hydroxylation is 4. The summed E-state index contributed by atoms with van der Waals surface area (Å²) in [6, 6.07) is 7.75. The van der Waals surface area contributed by atoms with Crippen LogP contribution in [0.15, 0.2) is 24.3 Å². The van der Waals surface area contributed by atoms with Gasteiger partial charge in [0.1, 0.15) is 23.0 Å². The molecule has 0 saturated heterocycles. The third kappa shape index (κ3) is 8.54. The number of hydrogen-bond donors (Lipinski definition) is 1. The van der Waals surface area contributed by atoms with Crippen LogP contribution in [-0.2, 0) is 0 Å². The minimum Gasteiger partial charge on any atom is -0.544 e. The fourth-order valence-corrected chi connectivity index (χ4v) is 4.40. The summed E-state index contributed by atoms with van der Waals surface area (Å²) < 4.78 is 17.3. The van der Waals surface area contributed by atoms with E-state index in [4.69, 9.17) is 13.6 Å². The molecule has 2 aromatic rings. The van der Waals surface area contributed by atoms with Crippen molar-refractivity contribution >= 4 is 16.6 Å². The Morgan fingerprint density at radius 3 is 1.28 bits per heavy atom. The third-order valence-electron chi connectivity index (χ3n) is 4.02. The molecule has 0 fully saturated rings. The molecule has 4 nitrogen and oxygen atoms in total. The van der Waals surface area contributed by atoms with E-state index < -0.39 is 16.6 Å². The van der Waals surface area contributed by atoms with E-state index >= 15 is 0 Å². The number of aromatic hydroxyl groups is 1. The Labute approximate surface area is 179 Å². The van der Waals surface area contributed by atoms with Gasteiger partial charge in [0, 0.05) is 0 Å². The summed E-state index contributed by atoms with van der Waals surface area (Å²) in [5.74, 6) is 3.16. The predicted octanol–water partition coefficient (Wildman–Crippen LogP) is 6.75. The first kappa shape index (κ1) is 25.1. The summed E-state index contributed by atoms with van der Waals surface area (Å²) in [5.41, 5.74) is 4.12. The van der Waals surface area contributed by atoms with Crippen molar-refractivity contribution in [3.63, 3.8) is 0 Å². The molecule has 0 amide bonds. The average molecular weight is 435 g/mol. The first-order valence-electron chi connectivity index (χ1n) is 9.96. The zero-order valence-electron chi connectivity index (χ0n) is 20.0. The lowest BCUT2D eigenvalue weighted by Gasteiger charge is -2.25. The van der Waals surface area contributed by atoms with Crippen molar-refractivity contribution in [3.05, 3.63) is 46.5 Å². The molecule has 162 valence electrons. The van der Waals surface area contributed by atoms with Gasteiger partial charge in [-0.15, -0.1) is 0 Å². The largest absolute Gasteiger partial charge is 0.544 e. The van der Waals surface area contributed by atoms with Crippen LogP contribution in [0.25, 0.3) is 0 Å². The van der Waals surface area contributed by atoms with Gasteiger partial charge in [-0.05, 0) is 113 Å². The van der Waals surface area contributed by atoms with Crippen molar-refractivity contribution < 1.29 is 18.7 Å². The lowest BCUT2D eigenvalue weighted by molar-refractivity contribution is 0.408. The number of phenolic OH excluding ortho intramolecular Hbond substituents is 1. The topological polar surface area (TPSA) is 47.9 Å². The summed E-state index contributed by atoms with van der Waals surface area (Å²) in [6.45, 7) is 21.1. The Morgan fingerprint density at radius 1 is 0.586 bits per heavy atom. The molecule has 2 rings (SSSR count). The average Bonchev–Trinajstić information content (AvgIpc) is 2.53. The van der Waals surface area contributed by atoms with Crippen LogP contribution < -0.4 is 13.6 Å². The van der Waals surface area contributed by atoms with Crippen LogP contribution in [0.1, 0.15) is 22.3 Å². The van der Waals surface area contributed by atoms with E-state index in [1.165, 1.54) is 0 Å². The van der Waals surface area contributed by atoms with Gasteiger partial charge < -0.3 is 18.7 Å². The van der Waals surface area contributed by atoms with E-state index in [-0.39, 0.29) is 0 Å². The highest BCUT2D eigenvalue weighted by atomic mass is 28.4. The lowest BCUT2D eigenvalue weighted by Crippen LogP contribution is -2.30.